The first-order chi connectivity index (χ1) is 6.92. The molecule has 0 bridgehead atoms. The van der Waals surface area contributed by atoms with Gasteiger partial charge in [0.15, 0.2) is 0 Å². The van der Waals surface area contributed by atoms with Gasteiger partial charge in [-0.3, -0.25) is 4.79 Å². The molecule has 0 aromatic carbocycles. The lowest BCUT2D eigenvalue weighted by atomic mass is 10.3. The smallest absolute Gasteiger partial charge is 0.132 e. The Morgan fingerprint density at radius 3 is 2.00 bits per heavy atom. The number of Topliss-reactive ketones (excluding diaryl/α,β-unsaturated/α-hetero) is 1. The molecule has 0 unspecified atom stereocenters. The van der Waals surface area contributed by atoms with E-state index in [0.29, 0.717) is 26.2 Å². The molecule has 4 nitrogen and oxygen atoms in total. The zero-order valence-electron chi connectivity index (χ0n) is 10.4. The molecule has 0 atom stereocenters. The largest absolute Gasteiger partial charge is 0.379 e. The van der Waals surface area contributed by atoms with Gasteiger partial charge in [0.1, 0.15) is 12.3 Å². The summed E-state index contributed by atoms with van der Waals surface area (Å²) in [4.78, 5) is 10.6. The maximum Gasteiger partial charge on any atom is 0.132 e. The van der Waals surface area contributed by atoms with Crippen molar-refractivity contribution in [1.29, 1.82) is 0 Å². The minimum absolute atomic E-state index is 0.168. The fraction of sp³-hybridized carbons (Fsp3) is 0.909. The van der Waals surface area contributed by atoms with Crippen LogP contribution in [0.15, 0.2) is 0 Å². The van der Waals surface area contributed by atoms with E-state index in [1.165, 1.54) is 0 Å². The molecule has 0 fully saturated rings. The van der Waals surface area contributed by atoms with Crippen LogP contribution in [0.4, 0.5) is 0 Å². The number of hydrogen-bond acceptors (Lipinski definition) is 3. The number of hydrogen-bond donors (Lipinski definition) is 0. The second kappa shape index (κ2) is 7.79. The number of ether oxygens (including phenoxy) is 2. The molecule has 90 valence electrons. The van der Waals surface area contributed by atoms with E-state index in [9.17, 15) is 4.79 Å². The van der Waals surface area contributed by atoms with E-state index in [0.717, 1.165) is 17.6 Å². The first-order valence-corrected chi connectivity index (χ1v) is 5.37. The molecule has 15 heavy (non-hydrogen) atoms. The van der Waals surface area contributed by atoms with Crippen molar-refractivity contribution in [3.8, 4) is 0 Å². The Hall–Kier alpha value is -0.450. The Morgan fingerprint density at radius 2 is 1.53 bits per heavy atom. The average Bonchev–Trinajstić information content (AvgIpc) is 2.07. The Balaban J connectivity index is 3.09. The normalized spacial score (nSPS) is 11.7. The highest BCUT2D eigenvalue weighted by Crippen LogP contribution is 1.90. The van der Waals surface area contributed by atoms with Crippen molar-refractivity contribution in [3.05, 3.63) is 0 Å². The van der Waals surface area contributed by atoms with Gasteiger partial charge >= 0.3 is 0 Å². The number of rotatable bonds is 9. The van der Waals surface area contributed by atoms with Crippen LogP contribution < -0.4 is 0 Å². The summed E-state index contributed by atoms with van der Waals surface area (Å²) >= 11 is 0. The van der Waals surface area contributed by atoms with E-state index >= 15 is 0 Å². The van der Waals surface area contributed by atoms with Gasteiger partial charge in [0.25, 0.3) is 0 Å². The Kier molecular flexibility index (Phi) is 7.56. The predicted octanol–water partition coefficient (Wildman–Crippen LogP) is 0.705. The number of carbonyl (C=O) groups is 1. The van der Waals surface area contributed by atoms with E-state index in [2.05, 4.69) is 21.1 Å². The van der Waals surface area contributed by atoms with Crippen LogP contribution in [0.2, 0.25) is 0 Å². The van der Waals surface area contributed by atoms with Gasteiger partial charge < -0.3 is 14.0 Å². The Morgan fingerprint density at radius 1 is 1.00 bits per heavy atom. The summed E-state index contributed by atoms with van der Waals surface area (Å²) in [5.74, 6) is 0.168. The predicted molar refractivity (Wildman–Crippen MR) is 59.8 cm³/mol. The highest BCUT2D eigenvalue weighted by Gasteiger charge is 2.05. The second-order valence-corrected chi connectivity index (χ2v) is 4.69. The van der Waals surface area contributed by atoms with Gasteiger partial charge in [0.2, 0.25) is 0 Å². The van der Waals surface area contributed by atoms with E-state index in [4.69, 9.17) is 9.47 Å². The molecule has 0 rings (SSSR count). The molecule has 0 aliphatic heterocycles. The molecule has 0 saturated carbocycles. The summed E-state index contributed by atoms with van der Waals surface area (Å²) in [6.45, 7) is 5.00. The maximum absolute atomic E-state index is 10.6. The summed E-state index contributed by atoms with van der Waals surface area (Å²) in [6.07, 6.45) is 0.499. The quantitative estimate of drug-likeness (QED) is 0.422. The molecule has 0 spiro atoms. The van der Waals surface area contributed by atoms with Crippen LogP contribution in [0.5, 0.6) is 0 Å². The van der Waals surface area contributed by atoms with Crippen LogP contribution in [0.1, 0.15) is 13.3 Å². The summed E-state index contributed by atoms with van der Waals surface area (Å²) < 4.78 is 11.5. The molecule has 0 radical (unpaired) electrons. The van der Waals surface area contributed by atoms with Crippen molar-refractivity contribution in [2.75, 3.05) is 54.1 Å². The fourth-order valence-corrected chi connectivity index (χ4v) is 0.876. The topological polar surface area (TPSA) is 35.5 Å². The summed E-state index contributed by atoms with van der Waals surface area (Å²) in [7, 11) is 6.39. The molecule has 0 aromatic rings. The van der Waals surface area contributed by atoms with Gasteiger partial charge in [-0.25, -0.2) is 0 Å². The molecule has 0 aliphatic carbocycles. The summed E-state index contributed by atoms with van der Waals surface area (Å²) in [5.41, 5.74) is 0. The fourth-order valence-electron chi connectivity index (χ4n) is 0.876. The van der Waals surface area contributed by atoms with Crippen molar-refractivity contribution in [1.82, 2.24) is 0 Å². The van der Waals surface area contributed by atoms with Crippen molar-refractivity contribution in [2.24, 2.45) is 0 Å². The molecule has 0 aliphatic rings. The molecule has 0 aromatic heterocycles. The van der Waals surface area contributed by atoms with E-state index in [1.807, 2.05) is 0 Å². The zero-order valence-corrected chi connectivity index (χ0v) is 10.4. The molecular weight excluding hydrogens is 194 g/mol. The van der Waals surface area contributed by atoms with Gasteiger partial charge in [0, 0.05) is 6.42 Å². The number of likely N-dealkylation sites (N-methyl/N-ethyl adjacent to an activating group) is 1. The number of nitrogens with zero attached hydrogens (tertiary/aromatic N) is 1. The molecular formula is C11H24NO3+. The van der Waals surface area contributed by atoms with Crippen LogP contribution in [0.3, 0.4) is 0 Å². The van der Waals surface area contributed by atoms with Crippen LogP contribution >= 0.6 is 0 Å². The van der Waals surface area contributed by atoms with Gasteiger partial charge in [-0.2, -0.15) is 0 Å². The van der Waals surface area contributed by atoms with Crippen LogP contribution in [-0.2, 0) is 14.3 Å². The lowest BCUT2D eigenvalue weighted by Gasteiger charge is -2.23. The minimum atomic E-state index is 0.168. The third-order valence-electron chi connectivity index (χ3n) is 1.88. The Bertz CT molecular complexity index is 175. The number of ketones is 1. The lowest BCUT2D eigenvalue weighted by molar-refractivity contribution is -0.870. The van der Waals surface area contributed by atoms with E-state index in [1.54, 1.807) is 6.92 Å². The van der Waals surface area contributed by atoms with Crippen LogP contribution in [0.25, 0.3) is 0 Å². The van der Waals surface area contributed by atoms with Crippen LogP contribution in [-0.4, -0.2) is 64.4 Å². The summed E-state index contributed by atoms with van der Waals surface area (Å²) in [6, 6.07) is 0. The van der Waals surface area contributed by atoms with Crippen molar-refractivity contribution in [2.45, 2.75) is 13.3 Å². The van der Waals surface area contributed by atoms with Crippen molar-refractivity contribution in [3.63, 3.8) is 0 Å². The first kappa shape index (κ1) is 14.6. The standard InChI is InChI=1S/C11H24NO3/c1-11(13)5-7-14-9-10-15-8-6-12(2,3)4/h5-10H2,1-4H3/q+1. The first-order valence-electron chi connectivity index (χ1n) is 5.37. The van der Waals surface area contributed by atoms with E-state index in [-0.39, 0.29) is 5.78 Å². The van der Waals surface area contributed by atoms with Gasteiger partial charge in [-0.05, 0) is 6.92 Å². The third kappa shape index (κ3) is 13.6. The third-order valence-corrected chi connectivity index (χ3v) is 1.88. The number of quaternary nitrogens is 1. The minimum Gasteiger partial charge on any atom is -0.379 e. The molecule has 0 N–H and O–H groups in total. The highest BCUT2D eigenvalue weighted by molar-refractivity contribution is 5.75. The molecule has 0 amide bonds. The monoisotopic (exact) mass is 218 g/mol. The lowest BCUT2D eigenvalue weighted by Crippen LogP contribution is -2.37. The molecule has 4 heteroatoms. The number of carbonyl (C=O) groups excluding carboxylic acids is 1. The maximum atomic E-state index is 10.6. The van der Waals surface area contributed by atoms with Gasteiger partial charge in [-0.15, -0.1) is 0 Å². The van der Waals surface area contributed by atoms with E-state index < -0.39 is 0 Å². The van der Waals surface area contributed by atoms with Crippen LogP contribution in [0, 0.1) is 0 Å². The zero-order chi connectivity index (χ0) is 11.7. The SMILES string of the molecule is CC(=O)CCOCCOCC[N+](C)(C)C. The van der Waals surface area contributed by atoms with Crippen molar-refractivity contribution >= 4 is 5.78 Å². The molecule has 0 saturated heterocycles. The van der Waals surface area contributed by atoms with Gasteiger partial charge in [-0.1, -0.05) is 0 Å². The van der Waals surface area contributed by atoms with Gasteiger partial charge in [0.05, 0.1) is 47.6 Å². The Labute approximate surface area is 92.7 Å². The molecule has 0 heterocycles. The highest BCUT2D eigenvalue weighted by atomic mass is 16.5. The second-order valence-electron chi connectivity index (χ2n) is 4.69. The summed E-state index contributed by atoms with van der Waals surface area (Å²) in [5, 5.41) is 0. The van der Waals surface area contributed by atoms with Crippen molar-refractivity contribution < 1.29 is 18.8 Å². The average molecular weight is 218 g/mol.